The molecule has 35 heavy (non-hydrogen) atoms. The zero-order valence-corrected chi connectivity index (χ0v) is 18.3. The molecule has 0 atom stereocenters. The Morgan fingerprint density at radius 3 is 2.20 bits per heavy atom. The Hall–Kier alpha value is -4.34. The predicted octanol–water partition coefficient (Wildman–Crippen LogP) is 6.57. The summed E-state index contributed by atoms with van der Waals surface area (Å²) in [5, 5.41) is 10.8. The van der Waals surface area contributed by atoms with Crippen LogP contribution in [0.25, 0.3) is 22.2 Å². The summed E-state index contributed by atoms with van der Waals surface area (Å²) in [4.78, 5) is 23.0. The Morgan fingerprint density at radius 1 is 1.00 bits per heavy atom. The Balaban J connectivity index is 0.000000191. The maximum absolute atomic E-state index is 14.1. The molecule has 0 bridgehead atoms. The number of nitrogens with two attached hydrogens (primary N) is 1. The number of hydrogen-bond acceptors (Lipinski definition) is 4. The van der Waals surface area contributed by atoms with E-state index in [1.807, 2.05) is 0 Å². The van der Waals surface area contributed by atoms with Gasteiger partial charge < -0.3 is 15.5 Å². The fraction of sp³-hybridized carbons (Fsp3) is 0.160. The van der Waals surface area contributed by atoms with E-state index in [1.54, 1.807) is 12.1 Å². The number of aromatic amines is 1. The summed E-state index contributed by atoms with van der Waals surface area (Å²) >= 11 is 0. The van der Waals surface area contributed by atoms with Crippen molar-refractivity contribution < 1.29 is 27.6 Å². The van der Waals surface area contributed by atoms with Crippen LogP contribution in [0.2, 0.25) is 0 Å². The molecule has 0 radical (unpaired) electrons. The van der Waals surface area contributed by atoms with Crippen molar-refractivity contribution in [2.24, 2.45) is 5.73 Å². The summed E-state index contributed by atoms with van der Waals surface area (Å²) in [5.74, 6) is -1.01. The van der Waals surface area contributed by atoms with Gasteiger partial charge in [-0.25, -0.2) is 18.0 Å². The van der Waals surface area contributed by atoms with Gasteiger partial charge in [0.2, 0.25) is 0 Å². The molecule has 1 amide bonds. The van der Waals surface area contributed by atoms with Crippen LogP contribution < -0.4 is 10.5 Å². The number of nitro benzene ring substituents is 1. The first-order valence-electron chi connectivity index (χ1n) is 10.7. The number of halogens is 3. The number of carbonyl (C=O) groups is 1. The summed E-state index contributed by atoms with van der Waals surface area (Å²) in [6.07, 6.45) is 2.20. The molecule has 1 aromatic heterocycles. The van der Waals surface area contributed by atoms with Crippen LogP contribution in [0.4, 0.5) is 23.7 Å². The number of hydrogen-bond donors (Lipinski definition) is 2. The Kier molecular flexibility index (Phi) is 6.72. The van der Waals surface area contributed by atoms with Gasteiger partial charge in [0.1, 0.15) is 23.2 Å². The molecule has 1 saturated carbocycles. The first-order valence-corrected chi connectivity index (χ1v) is 10.7. The number of nitro groups is 1. The van der Waals surface area contributed by atoms with Crippen molar-refractivity contribution in [2.75, 3.05) is 0 Å². The third kappa shape index (κ3) is 5.26. The SMILES string of the molecule is Fc1ccc(-c2[nH]c3c(F)cc(F)cc3c2C2CCC2)cc1.NC(=O)Oc1ccc([N+](=O)[O-])cc1. The van der Waals surface area contributed by atoms with Crippen molar-refractivity contribution in [1.29, 1.82) is 0 Å². The zero-order chi connectivity index (χ0) is 25.1. The highest BCUT2D eigenvalue weighted by atomic mass is 19.1. The van der Waals surface area contributed by atoms with Crippen LogP contribution >= 0.6 is 0 Å². The monoisotopic (exact) mass is 483 g/mol. The van der Waals surface area contributed by atoms with Crippen molar-refractivity contribution in [3.63, 3.8) is 0 Å². The first kappa shape index (κ1) is 23.8. The molecular weight excluding hydrogens is 463 g/mol. The fourth-order valence-corrected chi connectivity index (χ4v) is 3.96. The van der Waals surface area contributed by atoms with Gasteiger partial charge in [-0.3, -0.25) is 10.1 Å². The minimum atomic E-state index is -0.950. The number of primary amides is 1. The fourth-order valence-electron chi connectivity index (χ4n) is 3.96. The molecule has 5 rings (SSSR count). The highest BCUT2D eigenvalue weighted by Crippen LogP contribution is 2.45. The number of carbonyl (C=O) groups excluding carboxylic acids is 1. The molecule has 1 aliphatic carbocycles. The second-order valence-electron chi connectivity index (χ2n) is 8.03. The van der Waals surface area contributed by atoms with E-state index in [4.69, 9.17) is 5.73 Å². The maximum Gasteiger partial charge on any atom is 0.409 e. The Morgan fingerprint density at radius 2 is 1.66 bits per heavy atom. The lowest BCUT2D eigenvalue weighted by atomic mass is 9.78. The molecule has 0 spiro atoms. The molecule has 0 unspecified atom stereocenters. The van der Waals surface area contributed by atoms with E-state index in [0.717, 1.165) is 42.1 Å². The first-order chi connectivity index (χ1) is 16.7. The number of aromatic nitrogens is 1. The third-order valence-electron chi connectivity index (χ3n) is 5.78. The van der Waals surface area contributed by atoms with Gasteiger partial charge in [0.25, 0.3) is 5.69 Å². The molecule has 180 valence electrons. The van der Waals surface area contributed by atoms with Gasteiger partial charge >= 0.3 is 6.09 Å². The van der Waals surface area contributed by atoms with Gasteiger partial charge in [0.05, 0.1) is 16.1 Å². The van der Waals surface area contributed by atoms with Crippen LogP contribution in [-0.4, -0.2) is 16.0 Å². The summed E-state index contributed by atoms with van der Waals surface area (Å²) in [6, 6.07) is 13.4. The molecule has 3 aromatic carbocycles. The molecule has 3 N–H and O–H groups in total. The van der Waals surface area contributed by atoms with Gasteiger partial charge in [0, 0.05) is 23.6 Å². The standard InChI is InChI=1S/C18H14F3N.C7H6N2O4/c19-12-6-4-11(5-7-12)17-16(10-2-1-3-10)14-8-13(20)9-15(21)18(14)22-17;8-7(10)13-6-3-1-5(2-4-6)9(11)12/h4-10,22H,1-3H2;1-4H,(H2,8,10). The van der Waals surface area contributed by atoms with Crippen LogP contribution in [0.1, 0.15) is 30.7 Å². The summed E-state index contributed by atoms with van der Waals surface area (Å²) in [5.41, 5.74) is 7.49. The van der Waals surface area contributed by atoms with E-state index in [2.05, 4.69) is 9.72 Å². The van der Waals surface area contributed by atoms with Crippen LogP contribution in [-0.2, 0) is 0 Å². The number of ether oxygens (including phenoxy) is 1. The lowest BCUT2D eigenvalue weighted by Gasteiger charge is -2.26. The van der Waals surface area contributed by atoms with Crippen molar-refractivity contribution in [1.82, 2.24) is 4.98 Å². The quantitative estimate of drug-likeness (QED) is 0.252. The van der Waals surface area contributed by atoms with E-state index in [1.165, 1.54) is 42.5 Å². The number of H-pyrrole nitrogens is 1. The molecule has 1 aliphatic rings. The number of rotatable bonds is 4. The molecule has 1 fully saturated rings. The van der Waals surface area contributed by atoms with E-state index >= 15 is 0 Å². The van der Waals surface area contributed by atoms with Crippen molar-refractivity contribution in [3.8, 4) is 17.0 Å². The smallest absolute Gasteiger partial charge is 0.409 e. The topological polar surface area (TPSA) is 111 Å². The van der Waals surface area contributed by atoms with Crippen molar-refractivity contribution in [3.05, 3.63) is 93.8 Å². The average Bonchev–Trinajstić information content (AvgIpc) is 3.13. The number of amides is 1. The molecule has 7 nitrogen and oxygen atoms in total. The van der Waals surface area contributed by atoms with Gasteiger partial charge in [0.15, 0.2) is 0 Å². The van der Waals surface area contributed by atoms with E-state index in [-0.39, 0.29) is 17.3 Å². The highest BCUT2D eigenvalue weighted by molar-refractivity contribution is 5.92. The normalized spacial score (nSPS) is 13.0. The van der Waals surface area contributed by atoms with Gasteiger partial charge in [-0.05, 0) is 72.4 Å². The molecule has 0 saturated heterocycles. The van der Waals surface area contributed by atoms with Gasteiger partial charge in [-0.15, -0.1) is 0 Å². The molecule has 0 aliphatic heterocycles. The highest BCUT2D eigenvalue weighted by Gasteiger charge is 2.27. The molecule has 10 heteroatoms. The minimum Gasteiger partial charge on any atom is -0.410 e. The average molecular weight is 483 g/mol. The van der Waals surface area contributed by atoms with Crippen LogP contribution in [0.5, 0.6) is 5.75 Å². The maximum atomic E-state index is 14.1. The number of nitrogens with one attached hydrogen (secondary N) is 1. The third-order valence-corrected chi connectivity index (χ3v) is 5.78. The second-order valence-corrected chi connectivity index (χ2v) is 8.03. The van der Waals surface area contributed by atoms with Gasteiger partial charge in [-0.1, -0.05) is 6.42 Å². The Labute approximate surface area is 197 Å². The predicted molar refractivity (Wildman–Crippen MR) is 124 cm³/mol. The minimum absolute atomic E-state index is 0.0724. The Bertz CT molecular complexity index is 1380. The molecule has 4 aromatic rings. The summed E-state index contributed by atoms with van der Waals surface area (Å²) in [6.45, 7) is 0. The van der Waals surface area contributed by atoms with Crippen LogP contribution in [0, 0.1) is 27.6 Å². The van der Waals surface area contributed by atoms with Crippen molar-refractivity contribution >= 4 is 22.7 Å². The van der Waals surface area contributed by atoms with Gasteiger partial charge in [-0.2, -0.15) is 0 Å². The lowest BCUT2D eigenvalue weighted by molar-refractivity contribution is -0.384. The molecular formula is C25H20F3N3O4. The van der Waals surface area contributed by atoms with Crippen LogP contribution in [0.3, 0.4) is 0 Å². The molecule has 1 heterocycles. The number of non-ortho nitro benzene ring substituents is 1. The number of fused-ring (bicyclic) bond motifs is 1. The van der Waals surface area contributed by atoms with E-state index in [0.29, 0.717) is 16.8 Å². The number of nitrogens with zero attached hydrogens (tertiary/aromatic N) is 1. The lowest BCUT2D eigenvalue weighted by Crippen LogP contribution is -2.16. The van der Waals surface area contributed by atoms with Crippen molar-refractivity contribution in [2.45, 2.75) is 25.2 Å². The zero-order valence-electron chi connectivity index (χ0n) is 18.3. The summed E-state index contributed by atoms with van der Waals surface area (Å²) < 4.78 is 45.3. The number of benzene rings is 3. The second kappa shape index (κ2) is 9.88. The largest absolute Gasteiger partial charge is 0.410 e. The van der Waals surface area contributed by atoms with E-state index < -0.39 is 22.7 Å². The summed E-state index contributed by atoms with van der Waals surface area (Å²) in [7, 11) is 0. The van der Waals surface area contributed by atoms with E-state index in [9.17, 15) is 28.1 Å². The van der Waals surface area contributed by atoms with Crippen LogP contribution in [0.15, 0.2) is 60.7 Å².